The number of nitrogens with zero attached hydrogens (tertiary/aromatic N) is 1. The summed E-state index contributed by atoms with van der Waals surface area (Å²) in [5.74, 6) is -1.19. The summed E-state index contributed by atoms with van der Waals surface area (Å²) >= 11 is 0. The van der Waals surface area contributed by atoms with E-state index in [1.165, 1.54) is 18.3 Å². The summed E-state index contributed by atoms with van der Waals surface area (Å²) in [5, 5.41) is 17.7. The SMILES string of the molecule is CC(n1cc(C(=O)O)c(=O)cc1/C=C1\C=CC=C(OCCOCC(F)(F)F)C1=N)C(C)(C)C. The maximum atomic E-state index is 12.3. The molecule has 180 valence electrons. The largest absolute Gasteiger partial charge is 0.489 e. The number of nitrogens with one attached hydrogen (secondary N) is 1. The van der Waals surface area contributed by atoms with Crippen molar-refractivity contribution in [1.82, 2.24) is 4.57 Å². The Morgan fingerprint density at radius 3 is 2.52 bits per heavy atom. The first-order chi connectivity index (χ1) is 15.2. The highest BCUT2D eigenvalue weighted by Gasteiger charge is 2.27. The summed E-state index contributed by atoms with van der Waals surface area (Å²) in [6.07, 6.45) is 3.18. The number of pyridine rings is 1. The molecule has 1 heterocycles. The molecule has 7 nitrogen and oxygen atoms in total. The van der Waals surface area contributed by atoms with E-state index < -0.39 is 24.2 Å². The van der Waals surface area contributed by atoms with Crippen LogP contribution in [0.3, 0.4) is 0 Å². The van der Waals surface area contributed by atoms with E-state index in [1.54, 1.807) is 22.8 Å². The fraction of sp³-hybridized carbons (Fsp3) is 0.435. The minimum absolute atomic E-state index is 0.0296. The lowest BCUT2D eigenvalue weighted by atomic mass is 9.87. The third kappa shape index (κ3) is 7.18. The Bertz CT molecular complexity index is 1060. The van der Waals surface area contributed by atoms with E-state index in [0.717, 1.165) is 0 Å². The molecule has 0 saturated heterocycles. The number of hydrogen-bond acceptors (Lipinski definition) is 5. The summed E-state index contributed by atoms with van der Waals surface area (Å²) in [5.41, 5.74) is -0.513. The predicted octanol–water partition coefficient (Wildman–Crippen LogP) is 4.61. The average Bonchev–Trinajstić information content (AvgIpc) is 2.68. The van der Waals surface area contributed by atoms with Crippen LogP contribution in [0.1, 0.15) is 49.8 Å². The van der Waals surface area contributed by atoms with Crippen molar-refractivity contribution in [3.8, 4) is 0 Å². The molecule has 0 bridgehead atoms. The van der Waals surface area contributed by atoms with Gasteiger partial charge in [-0.2, -0.15) is 13.2 Å². The van der Waals surface area contributed by atoms with Crippen LogP contribution in [0.5, 0.6) is 0 Å². The van der Waals surface area contributed by atoms with Gasteiger partial charge >= 0.3 is 12.1 Å². The number of alkyl halides is 3. The Balaban J connectivity index is 2.29. The predicted molar refractivity (Wildman–Crippen MR) is 118 cm³/mol. The molecule has 1 aliphatic carbocycles. The molecule has 10 heteroatoms. The second-order valence-corrected chi connectivity index (χ2v) is 8.61. The van der Waals surface area contributed by atoms with E-state index in [-0.39, 0.29) is 41.7 Å². The van der Waals surface area contributed by atoms with Gasteiger partial charge in [0.05, 0.1) is 6.61 Å². The molecule has 0 amide bonds. The van der Waals surface area contributed by atoms with Crippen LogP contribution in [-0.2, 0) is 9.47 Å². The molecule has 2 N–H and O–H groups in total. The molecule has 1 atom stereocenters. The van der Waals surface area contributed by atoms with E-state index in [9.17, 15) is 27.9 Å². The number of aromatic nitrogens is 1. The molecule has 1 aromatic rings. The normalized spacial score (nSPS) is 16.6. The van der Waals surface area contributed by atoms with Crippen LogP contribution in [0, 0.1) is 10.8 Å². The second-order valence-electron chi connectivity index (χ2n) is 8.61. The van der Waals surface area contributed by atoms with Crippen LogP contribution in [0.2, 0.25) is 0 Å². The zero-order valence-electron chi connectivity index (χ0n) is 18.8. The highest BCUT2D eigenvalue weighted by Crippen LogP contribution is 2.31. The van der Waals surface area contributed by atoms with Gasteiger partial charge in [-0.15, -0.1) is 0 Å². The Morgan fingerprint density at radius 1 is 1.27 bits per heavy atom. The highest BCUT2D eigenvalue weighted by molar-refractivity contribution is 6.14. The van der Waals surface area contributed by atoms with Gasteiger partial charge in [0.15, 0.2) is 5.43 Å². The summed E-state index contributed by atoms with van der Waals surface area (Å²) < 4.78 is 48.0. The number of ether oxygens (including phenoxy) is 2. The molecule has 33 heavy (non-hydrogen) atoms. The summed E-state index contributed by atoms with van der Waals surface area (Å²) in [6.45, 7) is 5.97. The van der Waals surface area contributed by atoms with E-state index in [4.69, 9.17) is 10.1 Å². The van der Waals surface area contributed by atoms with E-state index >= 15 is 0 Å². The van der Waals surface area contributed by atoms with Gasteiger partial charge in [-0.05, 0) is 24.5 Å². The molecule has 0 aromatic carbocycles. The minimum Gasteiger partial charge on any atom is -0.489 e. The first-order valence-corrected chi connectivity index (χ1v) is 10.2. The topological polar surface area (TPSA) is 102 Å². The van der Waals surface area contributed by atoms with Gasteiger partial charge in [-0.1, -0.05) is 32.9 Å². The maximum absolute atomic E-state index is 12.3. The first-order valence-electron chi connectivity index (χ1n) is 10.2. The molecular formula is C23H27F3N2O5. The van der Waals surface area contributed by atoms with Gasteiger partial charge in [-0.3, -0.25) is 10.2 Å². The number of carboxylic acids is 1. The molecule has 0 fully saturated rings. The summed E-state index contributed by atoms with van der Waals surface area (Å²) in [4.78, 5) is 23.8. The molecule has 1 aromatic heterocycles. The molecule has 0 saturated carbocycles. The fourth-order valence-corrected chi connectivity index (χ4v) is 2.94. The van der Waals surface area contributed by atoms with Crippen LogP contribution < -0.4 is 5.43 Å². The fourth-order valence-electron chi connectivity index (χ4n) is 2.94. The lowest BCUT2D eigenvalue weighted by Gasteiger charge is -2.31. The Kier molecular flexibility index (Phi) is 8.07. The van der Waals surface area contributed by atoms with Gasteiger partial charge in [0.25, 0.3) is 0 Å². The Hall–Kier alpha value is -3.14. The van der Waals surface area contributed by atoms with Crippen molar-refractivity contribution in [1.29, 1.82) is 5.41 Å². The monoisotopic (exact) mass is 468 g/mol. The quantitative estimate of drug-likeness (QED) is 0.543. The lowest BCUT2D eigenvalue weighted by Crippen LogP contribution is -2.27. The zero-order valence-corrected chi connectivity index (χ0v) is 18.8. The number of hydrogen-bond donors (Lipinski definition) is 2. The van der Waals surface area contributed by atoms with Crippen molar-refractivity contribution in [3.63, 3.8) is 0 Å². The molecule has 1 aliphatic rings. The standard InChI is InChI=1S/C23H27F3N2O5/c1-14(22(2,3)4)28-12-17(21(30)31)18(29)11-16(28)10-15-6-5-7-19(20(15)27)33-9-8-32-13-23(24,25)26/h5-7,10-12,14,27H,8-9,13H2,1-4H3,(H,30,31)/b15-10+,27-20?. The van der Waals surface area contributed by atoms with Crippen LogP contribution in [0.25, 0.3) is 6.08 Å². The maximum Gasteiger partial charge on any atom is 0.411 e. The van der Waals surface area contributed by atoms with Gasteiger partial charge < -0.3 is 19.1 Å². The van der Waals surface area contributed by atoms with E-state index in [0.29, 0.717) is 11.3 Å². The smallest absolute Gasteiger partial charge is 0.411 e. The third-order valence-corrected chi connectivity index (χ3v) is 5.12. The van der Waals surface area contributed by atoms with Gasteiger partial charge in [0.2, 0.25) is 0 Å². The number of carbonyl (C=O) groups is 1. The zero-order chi connectivity index (χ0) is 25.0. The molecular weight excluding hydrogens is 441 g/mol. The minimum atomic E-state index is -4.42. The van der Waals surface area contributed by atoms with Gasteiger partial charge in [0.1, 0.15) is 30.2 Å². The first kappa shape index (κ1) is 26.1. The van der Waals surface area contributed by atoms with Crippen LogP contribution in [0.4, 0.5) is 13.2 Å². The molecule has 0 aliphatic heterocycles. The lowest BCUT2D eigenvalue weighted by molar-refractivity contribution is -0.175. The van der Waals surface area contributed by atoms with E-state index in [1.807, 2.05) is 27.7 Å². The number of aromatic carboxylic acids is 1. The molecule has 2 rings (SSSR count). The highest BCUT2D eigenvalue weighted by atomic mass is 19.4. The summed E-state index contributed by atoms with van der Waals surface area (Å²) in [6, 6.07) is 1.02. The van der Waals surface area contributed by atoms with Crippen molar-refractivity contribution in [2.75, 3.05) is 19.8 Å². The number of carboxylic acid groups (broad SMARTS) is 1. The van der Waals surface area contributed by atoms with Crippen molar-refractivity contribution >= 4 is 17.8 Å². The van der Waals surface area contributed by atoms with Gasteiger partial charge in [-0.25, -0.2) is 4.79 Å². The van der Waals surface area contributed by atoms with Crippen LogP contribution >= 0.6 is 0 Å². The van der Waals surface area contributed by atoms with Crippen LogP contribution in [0.15, 0.2) is 46.6 Å². The van der Waals surface area contributed by atoms with Crippen molar-refractivity contribution in [2.45, 2.75) is 39.9 Å². The van der Waals surface area contributed by atoms with Crippen molar-refractivity contribution < 1.29 is 32.5 Å². The van der Waals surface area contributed by atoms with E-state index in [2.05, 4.69) is 4.74 Å². The summed E-state index contributed by atoms with van der Waals surface area (Å²) in [7, 11) is 0. The van der Waals surface area contributed by atoms with Crippen molar-refractivity contribution in [2.24, 2.45) is 5.41 Å². The number of rotatable bonds is 8. The third-order valence-electron chi connectivity index (χ3n) is 5.12. The van der Waals surface area contributed by atoms with Crippen molar-refractivity contribution in [3.05, 3.63) is 63.3 Å². The molecule has 1 unspecified atom stereocenters. The Labute approximate surface area is 189 Å². The average molecular weight is 468 g/mol. The molecule has 0 radical (unpaired) electrons. The van der Waals surface area contributed by atoms with Crippen LogP contribution in [-0.4, -0.2) is 47.4 Å². The number of halogens is 3. The Morgan fingerprint density at radius 2 is 1.94 bits per heavy atom. The number of allylic oxidation sites excluding steroid dienone is 4. The van der Waals surface area contributed by atoms with Gasteiger partial charge in [0, 0.05) is 29.6 Å². The second kappa shape index (κ2) is 10.2. The molecule has 0 spiro atoms.